The van der Waals surface area contributed by atoms with Crippen molar-refractivity contribution in [2.75, 3.05) is 25.6 Å². The summed E-state index contributed by atoms with van der Waals surface area (Å²) in [4.78, 5) is 8.73. The molecule has 0 saturated heterocycles. The van der Waals surface area contributed by atoms with Gasteiger partial charge in [0.25, 0.3) is 0 Å². The Morgan fingerprint density at radius 1 is 1.04 bits per heavy atom. The van der Waals surface area contributed by atoms with E-state index in [-0.39, 0.29) is 0 Å². The zero-order valence-electron chi connectivity index (χ0n) is 14.5. The average Bonchev–Trinajstić information content (AvgIpc) is 2.59. The SMILES string of the molecule is COCCOc1cc2ncnc(Nc3ccc(C)c(Cl)c3)c2cc1C. The molecule has 0 bridgehead atoms. The van der Waals surface area contributed by atoms with Crippen molar-refractivity contribution < 1.29 is 9.47 Å². The highest BCUT2D eigenvalue weighted by Crippen LogP contribution is 2.30. The van der Waals surface area contributed by atoms with Crippen molar-refractivity contribution >= 4 is 34.0 Å². The van der Waals surface area contributed by atoms with Crippen LogP contribution in [-0.2, 0) is 4.74 Å². The van der Waals surface area contributed by atoms with Crippen molar-refractivity contribution in [1.82, 2.24) is 9.97 Å². The highest BCUT2D eigenvalue weighted by atomic mass is 35.5. The van der Waals surface area contributed by atoms with Crippen LogP contribution < -0.4 is 10.1 Å². The molecule has 130 valence electrons. The molecule has 3 aromatic rings. The number of ether oxygens (including phenoxy) is 2. The molecule has 2 aromatic carbocycles. The second-order valence-corrected chi connectivity index (χ2v) is 6.19. The first-order valence-corrected chi connectivity index (χ1v) is 8.36. The molecule has 0 aliphatic rings. The molecule has 1 N–H and O–H groups in total. The van der Waals surface area contributed by atoms with E-state index < -0.39 is 0 Å². The number of benzene rings is 2. The number of nitrogens with zero attached hydrogens (tertiary/aromatic N) is 2. The molecule has 5 nitrogen and oxygen atoms in total. The quantitative estimate of drug-likeness (QED) is 0.650. The summed E-state index contributed by atoms with van der Waals surface area (Å²) >= 11 is 6.21. The van der Waals surface area contributed by atoms with E-state index in [4.69, 9.17) is 21.1 Å². The maximum atomic E-state index is 6.21. The predicted octanol–water partition coefficient (Wildman–Crippen LogP) is 4.67. The van der Waals surface area contributed by atoms with Crippen molar-refractivity contribution in [1.29, 1.82) is 0 Å². The molecule has 3 rings (SSSR count). The Bertz CT molecular complexity index is 899. The maximum Gasteiger partial charge on any atom is 0.141 e. The largest absolute Gasteiger partial charge is 0.491 e. The lowest BCUT2D eigenvalue weighted by atomic mass is 10.1. The van der Waals surface area contributed by atoms with Crippen molar-refractivity contribution in [2.45, 2.75) is 13.8 Å². The molecular formula is C19H20ClN3O2. The van der Waals surface area contributed by atoms with Gasteiger partial charge in [-0.1, -0.05) is 17.7 Å². The van der Waals surface area contributed by atoms with Crippen molar-refractivity contribution in [3.05, 3.63) is 52.8 Å². The van der Waals surface area contributed by atoms with Crippen LogP contribution >= 0.6 is 11.6 Å². The topological polar surface area (TPSA) is 56.3 Å². The Balaban J connectivity index is 1.93. The number of fused-ring (bicyclic) bond motifs is 1. The van der Waals surface area contributed by atoms with Crippen molar-refractivity contribution in [3.8, 4) is 5.75 Å². The molecule has 6 heteroatoms. The fourth-order valence-corrected chi connectivity index (χ4v) is 2.67. The third-order valence-corrected chi connectivity index (χ3v) is 4.32. The van der Waals surface area contributed by atoms with Crippen LogP contribution in [-0.4, -0.2) is 30.3 Å². The number of halogens is 1. The minimum absolute atomic E-state index is 0.501. The minimum Gasteiger partial charge on any atom is -0.491 e. The first kappa shape index (κ1) is 17.5. The molecule has 0 atom stereocenters. The number of nitrogens with one attached hydrogen (secondary N) is 1. The first-order chi connectivity index (χ1) is 12.1. The van der Waals surface area contributed by atoms with Gasteiger partial charge in [0.15, 0.2) is 0 Å². The first-order valence-electron chi connectivity index (χ1n) is 7.99. The number of rotatable bonds is 6. The normalized spacial score (nSPS) is 10.9. The van der Waals surface area contributed by atoms with E-state index in [1.807, 2.05) is 44.2 Å². The Morgan fingerprint density at radius 3 is 2.64 bits per heavy atom. The van der Waals surface area contributed by atoms with Crippen LogP contribution in [0.4, 0.5) is 11.5 Å². The Kier molecular flexibility index (Phi) is 5.36. The molecule has 0 spiro atoms. The van der Waals surface area contributed by atoms with E-state index in [2.05, 4.69) is 15.3 Å². The van der Waals surface area contributed by atoms with Crippen LogP contribution in [0.25, 0.3) is 10.9 Å². The van der Waals surface area contributed by atoms with Crippen LogP contribution in [0.3, 0.4) is 0 Å². The van der Waals surface area contributed by atoms with Gasteiger partial charge in [-0.2, -0.15) is 0 Å². The van der Waals surface area contributed by atoms with E-state index in [0.29, 0.717) is 18.2 Å². The fourth-order valence-electron chi connectivity index (χ4n) is 2.49. The molecule has 0 saturated carbocycles. The Labute approximate surface area is 152 Å². The van der Waals surface area contributed by atoms with Gasteiger partial charge in [0.1, 0.15) is 24.5 Å². The van der Waals surface area contributed by atoms with Gasteiger partial charge in [0, 0.05) is 29.3 Å². The third-order valence-electron chi connectivity index (χ3n) is 3.91. The van der Waals surface area contributed by atoms with E-state index in [9.17, 15) is 0 Å². The van der Waals surface area contributed by atoms with E-state index in [1.165, 1.54) is 6.33 Å². The van der Waals surface area contributed by atoms with Crippen molar-refractivity contribution in [3.63, 3.8) is 0 Å². The molecule has 0 radical (unpaired) electrons. The van der Waals surface area contributed by atoms with Crippen LogP contribution in [0.15, 0.2) is 36.7 Å². The Hall–Kier alpha value is -2.37. The van der Waals surface area contributed by atoms with Gasteiger partial charge in [-0.15, -0.1) is 0 Å². The second-order valence-electron chi connectivity index (χ2n) is 5.79. The lowest BCUT2D eigenvalue weighted by Crippen LogP contribution is -2.05. The zero-order chi connectivity index (χ0) is 17.8. The van der Waals surface area contributed by atoms with Crippen LogP contribution in [0, 0.1) is 13.8 Å². The average molecular weight is 358 g/mol. The lowest BCUT2D eigenvalue weighted by molar-refractivity contribution is 0.146. The monoisotopic (exact) mass is 357 g/mol. The molecule has 0 aliphatic carbocycles. The molecule has 0 aliphatic heterocycles. The molecule has 1 aromatic heterocycles. The third kappa shape index (κ3) is 4.00. The van der Waals surface area contributed by atoms with Crippen LogP contribution in [0.5, 0.6) is 5.75 Å². The molecule has 0 amide bonds. The summed E-state index contributed by atoms with van der Waals surface area (Å²) in [5.41, 5.74) is 3.75. The number of hydrogen-bond acceptors (Lipinski definition) is 5. The smallest absolute Gasteiger partial charge is 0.141 e. The summed E-state index contributed by atoms with van der Waals surface area (Å²) in [6.07, 6.45) is 1.54. The molecule has 0 fully saturated rings. The lowest BCUT2D eigenvalue weighted by Gasteiger charge is -2.13. The second kappa shape index (κ2) is 7.68. The summed E-state index contributed by atoms with van der Waals surface area (Å²) in [5, 5.41) is 4.96. The number of aryl methyl sites for hydroxylation is 2. The highest BCUT2D eigenvalue weighted by Gasteiger charge is 2.09. The molecule has 1 heterocycles. The summed E-state index contributed by atoms with van der Waals surface area (Å²) < 4.78 is 10.8. The zero-order valence-corrected chi connectivity index (χ0v) is 15.2. The van der Waals surface area contributed by atoms with E-state index >= 15 is 0 Å². The fraction of sp³-hybridized carbons (Fsp3) is 0.263. The number of anilines is 2. The molecule has 0 unspecified atom stereocenters. The van der Waals surface area contributed by atoms with E-state index in [1.54, 1.807) is 7.11 Å². The van der Waals surface area contributed by atoms with Crippen LogP contribution in [0.1, 0.15) is 11.1 Å². The molecule has 25 heavy (non-hydrogen) atoms. The standard InChI is InChI=1S/C19H20ClN3O2/c1-12-4-5-14(9-16(12)20)23-19-15-8-13(2)18(25-7-6-24-3)10-17(15)21-11-22-19/h4-5,8-11H,6-7H2,1-3H3,(H,21,22,23). The van der Waals surface area contributed by atoms with Gasteiger partial charge >= 0.3 is 0 Å². The Morgan fingerprint density at radius 2 is 1.88 bits per heavy atom. The highest BCUT2D eigenvalue weighted by molar-refractivity contribution is 6.31. The van der Waals surface area contributed by atoms with E-state index in [0.717, 1.165) is 39.3 Å². The maximum absolute atomic E-state index is 6.21. The van der Waals surface area contributed by atoms with Gasteiger partial charge in [-0.3, -0.25) is 0 Å². The number of hydrogen-bond donors (Lipinski definition) is 1. The van der Waals surface area contributed by atoms with Gasteiger partial charge in [0.2, 0.25) is 0 Å². The van der Waals surface area contributed by atoms with Crippen LogP contribution in [0.2, 0.25) is 5.02 Å². The number of aromatic nitrogens is 2. The van der Waals surface area contributed by atoms with Gasteiger partial charge in [0.05, 0.1) is 12.1 Å². The summed E-state index contributed by atoms with van der Waals surface area (Å²) in [6, 6.07) is 9.79. The van der Waals surface area contributed by atoms with Crippen molar-refractivity contribution in [2.24, 2.45) is 0 Å². The minimum atomic E-state index is 0.501. The van der Waals surface area contributed by atoms with Gasteiger partial charge in [-0.25, -0.2) is 9.97 Å². The summed E-state index contributed by atoms with van der Waals surface area (Å²) in [5.74, 6) is 1.53. The predicted molar refractivity (Wildman–Crippen MR) is 101 cm³/mol. The molecular weight excluding hydrogens is 338 g/mol. The van der Waals surface area contributed by atoms with Gasteiger partial charge < -0.3 is 14.8 Å². The van der Waals surface area contributed by atoms with Gasteiger partial charge in [-0.05, 0) is 43.2 Å². The summed E-state index contributed by atoms with van der Waals surface area (Å²) in [6.45, 7) is 5.02. The summed E-state index contributed by atoms with van der Waals surface area (Å²) in [7, 11) is 1.65. The number of methoxy groups -OCH3 is 1.